The number of anilines is 1. The van der Waals surface area contributed by atoms with Crippen LogP contribution < -0.4 is 10.2 Å². The molecule has 24 heavy (non-hydrogen) atoms. The lowest BCUT2D eigenvalue weighted by Crippen LogP contribution is -2.54. The zero-order valence-corrected chi connectivity index (χ0v) is 15.4. The number of amides is 1. The van der Waals surface area contributed by atoms with E-state index in [2.05, 4.69) is 34.2 Å². The number of hydrogen-bond donors (Lipinski definition) is 1. The van der Waals surface area contributed by atoms with Crippen LogP contribution in [-0.4, -0.2) is 49.1 Å². The summed E-state index contributed by atoms with van der Waals surface area (Å²) >= 11 is 0. The van der Waals surface area contributed by atoms with Crippen molar-refractivity contribution in [1.82, 2.24) is 10.2 Å². The molecule has 1 aliphatic heterocycles. The average Bonchev–Trinajstić information content (AvgIpc) is 2.59. The summed E-state index contributed by atoms with van der Waals surface area (Å²) in [5, 5.41) is 3.40. The minimum Gasteiger partial charge on any atom is -0.314 e. The SMILES string of the molecule is C[C@@H]1CNCCN1CC(=O)N(c1ccccc1)C1CCCCC1.Cl. The van der Waals surface area contributed by atoms with E-state index < -0.39 is 0 Å². The van der Waals surface area contributed by atoms with Gasteiger partial charge >= 0.3 is 0 Å². The molecule has 1 saturated heterocycles. The summed E-state index contributed by atoms with van der Waals surface area (Å²) in [5.41, 5.74) is 1.06. The standard InChI is InChI=1S/C19H29N3O.ClH/c1-16-14-20-12-13-21(16)15-19(23)22(17-8-4-2-5-9-17)18-10-6-3-7-11-18;/h2,4-5,8-9,16,18,20H,3,6-7,10-15H2,1H3;1H/t16-;/m1./s1. The molecule has 3 rings (SSSR count). The Hall–Kier alpha value is -1.10. The van der Waals surface area contributed by atoms with E-state index in [0.29, 0.717) is 18.6 Å². The molecule has 1 N–H and O–H groups in total. The van der Waals surface area contributed by atoms with Gasteiger partial charge in [-0.25, -0.2) is 0 Å². The minimum atomic E-state index is 0. The van der Waals surface area contributed by atoms with Crippen LogP contribution in [0.4, 0.5) is 5.69 Å². The van der Waals surface area contributed by atoms with E-state index in [1.165, 1.54) is 19.3 Å². The average molecular weight is 352 g/mol. The Bertz CT molecular complexity index is 505. The molecule has 0 aromatic heterocycles. The van der Waals surface area contributed by atoms with Crippen LogP contribution in [0.25, 0.3) is 0 Å². The van der Waals surface area contributed by atoms with Crippen LogP contribution in [0.3, 0.4) is 0 Å². The first-order valence-electron chi connectivity index (χ1n) is 9.07. The third-order valence-electron chi connectivity index (χ3n) is 5.22. The van der Waals surface area contributed by atoms with Crippen LogP contribution in [0.1, 0.15) is 39.0 Å². The molecule has 134 valence electrons. The zero-order valence-electron chi connectivity index (χ0n) is 14.6. The van der Waals surface area contributed by atoms with Gasteiger partial charge < -0.3 is 10.2 Å². The number of nitrogens with one attached hydrogen (secondary N) is 1. The van der Waals surface area contributed by atoms with E-state index in [9.17, 15) is 4.79 Å². The fourth-order valence-corrected chi connectivity index (χ4v) is 3.85. The Kier molecular flexibility index (Phi) is 7.53. The lowest BCUT2D eigenvalue weighted by atomic mass is 9.93. The highest BCUT2D eigenvalue weighted by molar-refractivity contribution is 5.95. The van der Waals surface area contributed by atoms with E-state index in [0.717, 1.165) is 38.2 Å². The van der Waals surface area contributed by atoms with Crippen LogP contribution in [0.2, 0.25) is 0 Å². The molecule has 1 aromatic rings. The monoisotopic (exact) mass is 351 g/mol. The van der Waals surface area contributed by atoms with Gasteiger partial charge in [0.25, 0.3) is 0 Å². The van der Waals surface area contributed by atoms with Crippen LogP contribution in [-0.2, 0) is 4.79 Å². The van der Waals surface area contributed by atoms with Crippen molar-refractivity contribution in [3.8, 4) is 0 Å². The van der Waals surface area contributed by atoms with Crippen LogP contribution >= 0.6 is 12.4 Å². The molecule has 1 saturated carbocycles. The highest BCUT2D eigenvalue weighted by Crippen LogP contribution is 2.27. The second-order valence-electron chi connectivity index (χ2n) is 6.91. The summed E-state index contributed by atoms with van der Waals surface area (Å²) in [4.78, 5) is 17.5. The van der Waals surface area contributed by atoms with Crippen molar-refractivity contribution in [2.45, 2.75) is 51.1 Å². The number of halogens is 1. The fourth-order valence-electron chi connectivity index (χ4n) is 3.85. The number of nitrogens with zero attached hydrogens (tertiary/aromatic N) is 2. The smallest absolute Gasteiger partial charge is 0.241 e. The summed E-state index contributed by atoms with van der Waals surface area (Å²) in [6.07, 6.45) is 6.06. The highest BCUT2D eigenvalue weighted by atomic mass is 35.5. The van der Waals surface area contributed by atoms with Gasteiger partial charge in [0.2, 0.25) is 5.91 Å². The summed E-state index contributed by atoms with van der Waals surface area (Å²) in [6.45, 7) is 5.65. The van der Waals surface area contributed by atoms with Gasteiger partial charge in [0.05, 0.1) is 6.54 Å². The maximum absolute atomic E-state index is 13.1. The first-order chi connectivity index (χ1) is 11.3. The van der Waals surface area contributed by atoms with E-state index in [4.69, 9.17) is 0 Å². The number of para-hydroxylation sites is 1. The third-order valence-corrected chi connectivity index (χ3v) is 5.22. The molecule has 1 aromatic carbocycles. The Morgan fingerprint density at radius 3 is 2.58 bits per heavy atom. The van der Waals surface area contributed by atoms with Crippen molar-refractivity contribution < 1.29 is 4.79 Å². The predicted octanol–water partition coefficient (Wildman–Crippen LogP) is 3.07. The van der Waals surface area contributed by atoms with Gasteiger partial charge in [0.1, 0.15) is 0 Å². The topological polar surface area (TPSA) is 35.6 Å². The largest absolute Gasteiger partial charge is 0.314 e. The minimum absolute atomic E-state index is 0. The molecule has 1 aliphatic carbocycles. The maximum atomic E-state index is 13.1. The summed E-state index contributed by atoms with van der Waals surface area (Å²) in [6, 6.07) is 11.0. The van der Waals surface area contributed by atoms with Crippen molar-refractivity contribution in [3.05, 3.63) is 30.3 Å². The molecule has 4 nitrogen and oxygen atoms in total. The number of piperazine rings is 1. The van der Waals surface area contributed by atoms with Gasteiger partial charge in [-0.1, -0.05) is 37.5 Å². The van der Waals surface area contributed by atoms with E-state index >= 15 is 0 Å². The number of carbonyl (C=O) groups excluding carboxylic acids is 1. The van der Waals surface area contributed by atoms with Gasteiger partial charge in [-0.15, -0.1) is 12.4 Å². The fraction of sp³-hybridized carbons (Fsp3) is 0.632. The van der Waals surface area contributed by atoms with E-state index in [1.807, 2.05) is 18.2 Å². The molecule has 0 bridgehead atoms. The van der Waals surface area contributed by atoms with Crippen LogP contribution in [0.15, 0.2) is 30.3 Å². The molecule has 0 spiro atoms. The van der Waals surface area contributed by atoms with Gasteiger partial charge in [0.15, 0.2) is 0 Å². The number of hydrogen-bond acceptors (Lipinski definition) is 3. The van der Waals surface area contributed by atoms with Crippen molar-refractivity contribution in [3.63, 3.8) is 0 Å². The normalized spacial score (nSPS) is 22.6. The first kappa shape index (κ1) is 19.2. The molecule has 2 fully saturated rings. The molecular formula is C19H30ClN3O. The molecule has 1 heterocycles. The Morgan fingerprint density at radius 1 is 1.21 bits per heavy atom. The number of benzene rings is 1. The molecule has 0 unspecified atom stereocenters. The Balaban J connectivity index is 0.00000208. The molecular weight excluding hydrogens is 322 g/mol. The second kappa shape index (κ2) is 9.40. The third kappa shape index (κ3) is 4.71. The first-order valence-corrected chi connectivity index (χ1v) is 9.07. The molecule has 0 radical (unpaired) electrons. The quantitative estimate of drug-likeness (QED) is 0.905. The van der Waals surface area contributed by atoms with Crippen molar-refractivity contribution >= 4 is 24.0 Å². The Labute approximate surface area is 152 Å². The van der Waals surface area contributed by atoms with Crippen LogP contribution in [0, 0.1) is 0 Å². The number of rotatable bonds is 4. The molecule has 5 heteroatoms. The van der Waals surface area contributed by atoms with Gasteiger partial charge in [0, 0.05) is 37.4 Å². The van der Waals surface area contributed by atoms with Gasteiger partial charge in [-0.3, -0.25) is 9.69 Å². The van der Waals surface area contributed by atoms with E-state index in [1.54, 1.807) is 0 Å². The summed E-state index contributed by atoms with van der Waals surface area (Å²) in [7, 11) is 0. The van der Waals surface area contributed by atoms with Gasteiger partial charge in [-0.2, -0.15) is 0 Å². The predicted molar refractivity (Wildman–Crippen MR) is 102 cm³/mol. The molecule has 2 aliphatic rings. The molecule has 1 amide bonds. The van der Waals surface area contributed by atoms with E-state index in [-0.39, 0.29) is 18.3 Å². The summed E-state index contributed by atoms with van der Waals surface area (Å²) < 4.78 is 0. The zero-order chi connectivity index (χ0) is 16.1. The van der Waals surface area contributed by atoms with Crippen molar-refractivity contribution in [2.24, 2.45) is 0 Å². The maximum Gasteiger partial charge on any atom is 0.241 e. The lowest BCUT2D eigenvalue weighted by Gasteiger charge is -2.38. The highest BCUT2D eigenvalue weighted by Gasteiger charge is 2.29. The van der Waals surface area contributed by atoms with Gasteiger partial charge in [-0.05, 0) is 31.9 Å². The van der Waals surface area contributed by atoms with Crippen molar-refractivity contribution in [2.75, 3.05) is 31.1 Å². The number of carbonyl (C=O) groups is 1. The van der Waals surface area contributed by atoms with Crippen molar-refractivity contribution in [1.29, 1.82) is 0 Å². The molecule has 1 atom stereocenters. The Morgan fingerprint density at radius 2 is 1.92 bits per heavy atom. The second-order valence-corrected chi connectivity index (χ2v) is 6.91. The lowest BCUT2D eigenvalue weighted by molar-refractivity contribution is -0.121. The van der Waals surface area contributed by atoms with Crippen LogP contribution in [0.5, 0.6) is 0 Å². The summed E-state index contributed by atoms with van der Waals surface area (Å²) in [5.74, 6) is 0.261.